The maximum atomic E-state index is 12.9. The molecular formula is C19H34N4O5S. The van der Waals surface area contributed by atoms with Crippen molar-refractivity contribution in [1.82, 2.24) is 15.5 Å². The average Bonchev–Trinajstić information content (AvgIpc) is 3.18. The summed E-state index contributed by atoms with van der Waals surface area (Å²) in [4.78, 5) is 50.7. The second-order valence-corrected chi connectivity index (χ2v) is 8.28. The Hall–Kier alpha value is -1.81. The second kappa shape index (κ2) is 11.4. The Bertz CT molecular complexity index is 615. The van der Waals surface area contributed by atoms with E-state index in [9.17, 15) is 24.3 Å². The quantitative estimate of drug-likeness (QED) is 0.309. The number of likely N-dealkylation sites (tertiary alicyclic amines) is 1. The van der Waals surface area contributed by atoms with Gasteiger partial charge in [-0.25, -0.2) is 4.79 Å². The van der Waals surface area contributed by atoms with Gasteiger partial charge < -0.3 is 26.4 Å². The molecule has 166 valence electrons. The summed E-state index contributed by atoms with van der Waals surface area (Å²) in [6, 6.07) is -3.48. The normalized spacial score (nSPS) is 20.7. The molecule has 0 aromatic heterocycles. The molecule has 1 aliphatic heterocycles. The van der Waals surface area contributed by atoms with E-state index in [4.69, 9.17) is 5.73 Å². The maximum absolute atomic E-state index is 12.9. The number of carbonyl (C=O) groups is 4. The van der Waals surface area contributed by atoms with Crippen molar-refractivity contribution < 1.29 is 24.3 Å². The third-order valence-corrected chi connectivity index (χ3v) is 5.80. The summed E-state index contributed by atoms with van der Waals surface area (Å²) in [5.41, 5.74) is 5.88. The molecule has 0 aliphatic carbocycles. The van der Waals surface area contributed by atoms with Crippen molar-refractivity contribution in [3.05, 3.63) is 0 Å². The van der Waals surface area contributed by atoms with Crippen LogP contribution in [0, 0.1) is 11.8 Å². The molecule has 1 heterocycles. The highest BCUT2D eigenvalue weighted by molar-refractivity contribution is 7.80. The van der Waals surface area contributed by atoms with Crippen LogP contribution in [0.1, 0.15) is 47.0 Å². The van der Waals surface area contributed by atoms with Gasteiger partial charge in [-0.3, -0.25) is 14.4 Å². The molecule has 3 amide bonds. The first-order chi connectivity index (χ1) is 13.5. The highest BCUT2D eigenvalue weighted by atomic mass is 32.1. The van der Waals surface area contributed by atoms with Crippen molar-refractivity contribution in [3.63, 3.8) is 0 Å². The van der Waals surface area contributed by atoms with Crippen LogP contribution in [-0.2, 0) is 19.2 Å². The Balaban J connectivity index is 2.91. The average molecular weight is 431 g/mol. The summed E-state index contributed by atoms with van der Waals surface area (Å²) in [5, 5.41) is 14.6. The van der Waals surface area contributed by atoms with Crippen LogP contribution in [0.4, 0.5) is 0 Å². The SMILES string of the molecule is CCC(C)C(NC(=O)C(N)C(C)C)C(=O)NC(CS)C(=O)N1CCCC1C(=O)O. The summed E-state index contributed by atoms with van der Waals surface area (Å²) in [5.74, 6) is -2.75. The molecule has 5 atom stereocenters. The summed E-state index contributed by atoms with van der Waals surface area (Å²) < 4.78 is 0. The van der Waals surface area contributed by atoms with E-state index in [1.165, 1.54) is 4.90 Å². The van der Waals surface area contributed by atoms with Crippen LogP contribution < -0.4 is 16.4 Å². The van der Waals surface area contributed by atoms with E-state index >= 15 is 0 Å². The van der Waals surface area contributed by atoms with E-state index < -0.39 is 47.9 Å². The zero-order chi connectivity index (χ0) is 22.3. The number of carboxylic acid groups (broad SMARTS) is 1. The minimum absolute atomic E-state index is 0.0140. The van der Waals surface area contributed by atoms with Crippen molar-refractivity contribution in [3.8, 4) is 0 Å². The summed E-state index contributed by atoms with van der Waals surface area (Å²) in [6.07, 6.45) is 1.60. The lowest BCUT2D eigenvalue weighted by Crippen LogP contribution is -2.59. The van der Waals surface area contributed by atoms with Gasteiger partial charge in [0.15, 0.2) is 0 Å². The number of nitrogens with two attached hydrogens (primary N) is 1. The maximum Gasteiger partial charge on any atom is 0.326 e. The van der Waals surface area contributed by atoms with Gasteiger partial charge in [0, 0.05) is 12.3 Å². The first-order valence-electron chi connectivity index (χ1n) is 10.1. The molecule has 0 saturated carbocycles. The summed E-state index contributed by atoms with van der Waals surface area (Å²) in [7, 11) is 0. The van der Waals surface area contributed by atoms with E-state index in [1.54, 1.807) is 0 Å². The topological polar surface area (TPSA) is 142 Å². The van der Waals surface area contributed by atoms with Crippen LogP contribution in [0.3, 0.4) is 0 Å². The van der Waals surface area contributed by atoms with Gasteiger partial charge in [0.1, 0.15) is 18.1 Å². The van der Waals surface area contributed by atoms with Crippen LogP contribution in [0.5, 0.6) is 0 Å². The van der Waals surface area contributed by atoms with Gasteiger partial charge >= 0.3 is 5.97 Å². The molecule has 0 bridgehead atoms. The molecule has 0 aromatic carbocycles. The molecule has 9 nitrogen and oxygen atoms in total. The summed E-state index contributed by atoms with van der Waals surface area (Å²) >= 11 is 4.16. The van der Waals surface area contributed by atoms with Gasteiger partial charge in [0.2, 0.25) is 17.7 Å². The van der Waals surface area contributed by atoms with E-state index in [0.29, 0.717) is 25.8 Å². The molecule has 10 heteroatoms. The smallest absolute Gasteiger partial charge is 0.326 e. The molecule has 0 spiro atoms. The molecule has 0 radical (unpaired) electrons. The minimum atomic E-state index is -1.06. The summed E-state index contributed by atoms with van der Waals surface area (Å²) in [6.45, 7) is 7.66. The number of nitrogens with one attached hydrogen (secondary N) is 2. The molecular weight excluding hydrogens is 396 g/mol. The van der Waals surface area contributed by atoms with E-state index in [2.05, 4.69) is 23.3 Å². The third kappa shape index (κ3) is 6.60. The van der Waals surface area contributed by atoms with Crippen LogP contribution in [0.25, 0.3) is 0 Å². The number of hydrogen-bond acceptors (Lipinski definition) is 6. The Morgan fingerprint density at radius 3 is 2.28 bits per heavy atom. The molecule has 1 aliphatic rings. The van der Waals surface area contributed by atoms with Crippen LogP contribution in [0.15, 0.2) is 0 Å². The fourth-order valence-electron chi connectivity index (χ4n) is 3.19. The fraction of sp³-hybridized carbons (Fsp3) is 0.789. The molecule has 5 N–H and O–H groups in total. The highest BCUT2D eigenvalue weighted by Crippen LogP contribution is 2.19. The molecule has 1 saturated heterocycles. The van der Waals surface area contributed by atoms with Gasteiger partial charge in [-0.05, 0) is 24.7 Å². The Kier molecular flexibility index (Phi) is 9.91. The Morgan fingerprint density at radius 2 is 1.79 bits per heavy atom. The lowest BCUT2D eigenvalue weighted by molar-refractivity contribution is -0.149. The van der Waals surface area contributed by atoms with Crippen LogP contribution >= 0.6 is 12.6 Å². The monoisotopic (exact) mass is 430 g/mol. The fourth-order valence-corrected chi connectivity index (χ4v) is 3.44. The van der Waals surface area contributed by atoms with Gasteiger partial charge in [0.05, 0.1) is 6.04 Å². The number of amides is 3. The zero-order valence-corrected chi connectivity index (χ0v) is 18.4. The Labute approximate surface area is 177 Å². The van der Waals surface area contributed by atoms with Crippen molar-refractivity contribution >= 4 is 36.3 Å². The third-order valence-electron chi connectivity index (χ3n) is 5.43. The zero-order valence-electron chi connectivity index (χ0n) is 17.6. The number of carboxylic acids is 1. The van der Waals surface area contributed by atoms with Crippen LogP contribution in [-0.4, -0.2) is 70.2 Å². The van der Waals surface area contributed by atoms with Gasteiger partial charge in [-0.1, -0.05) is 34.1 Å². The standard InChI is InChI=1S/C19H34N4O5S/c1-5-11(4)15(22-16(24)14(20)10(2)3)17(25)21-12(9-29)18(26)23-8-6-7-13(23)19(27)28/h10-15,29H,5-9,20H2,1-4H3,(H,21,25)(H,22,24)(H,27,28). The molecule has 1 rings (SSSR count). The largest absolute Gasteiger partial charge is 0.480 e. The van der Waals surface area contributed by atoms with Crippen molar-refractivity contribution in [2.45, 2.75) is 71.1 Å². The second-order valence-electron chi connectivity index (χ2n) is 7.91. The number of hydrogen-bond donors (Lipinski definition) is 5. The minimum Gasteiger partial charge on any atom is -0.480 e. The van der Waals surface area contributed by atoms with Gasteiger partial charge in [0.25, 0.3) is 0 Å². The lowest BCUT2D eigenvalue weighted by Gasteiger charge is -2.30. The van der Waals surface area contributed by atoms with Crippen molar-refractivity contribution in [2.24, 2.45) is 17.6 Å². The van der Waals surface area contributed by atoms with Crippen LogP contribution in [0.2, 0.25) is 0 Å². The van der Waals surface area contributed by atoms with Gasteiger partial charge in [-0.15, -0.1) is 0 Å². The number of carbonyl (C=O) groups excluding carboxylic acids is 3. The van der Waals surface area contributed by atoms with Crippen molar-refractivity contribution in [2.75, 3.05) is 12.3 Å². The number of rotatable bonds is 10. The number of nitrogens with zero attached hydrogens (tertiary/aromatic N) is 1. The lowest BCUT2D eigenvalue weighted by atomic mass is 9.96. The van der Waals surface area contributed by atoms with E-state index in [-0.39, 0.29) is 17.6 Å². The first-order valence-corrected chi connectivity index (χ1v) is 10.7. The number of aliphatic carboxylic acids is 1. The van der Waals surface area contributed by atoms with Gasteiger partial charge in [-0.2, -0.15) is 12.6 Å². The molecule has 5 unspecified atom stereocenters. The predicted octanol–water partition coefficient (Wildman–Crippen LogP) is -0.00920. The van der Waals surface area contributed by atoms with E-state index in [0.717, 1.165) is 0 Å². The predicted molar refractivity (Wildman–Crippen MR) is 112 cm³/mol. The molecule has 29 heavy (non-hydrogen) atoms. The molecule has 1 fully saturated rings. The first kappa shape index (κ1) is 25.2. The molecule has 0 aromatic rings. The van der Waals surface area contributed by atoms with E-state index in [1.807, 2.05) is 27.7 Å². The number of thiol groups is 1. The Morgan fingerprint density at radius 1 is 1.17 bits per heavy atom. The highest BCUT2D eigenvalue weighted by Gasteiger charge is 2.38. The van der Waals surface area contributed by atoms with Crippen molar-refractivity contribution in [1.29, 1.82) is 0 Å².